The highest BCUT2D eigenvalue weighted by molar-refractivity contribution is 6.34. The molecule has 2 aromatic rings. The number of pyridine rings is 1. The van der Waals surface area contributed by atoms with Gasteiger partial charge in [-0.25, -0.2) is 0 Å². The lowest BCUT2D eigenvalue weighted by Gasteiger charge is -2.24. The van der Waals surface area contributed by atoms with Crippen molar-refractivity contribution in [1.82, 2.24) is 10.3 Å². The Morgan fingerprint density at radius 2 is 2.09 bits per heavy atom. The van der Waals surface area contributed by atoms with Gasteiger partial charge in [0.1, 0.15) is 0 Å². The fraction of sp³-hybridized carbons (Fsp3) is 0.333. The van der Waals surface area contributed by atoms with Crippen LogP contribution in [-0.4, -0.2) is 29.1 Å². The Morgan fingerprint density at radius 3 is 2.74 bits per heavy atom. The molecule has 0 spiro atoms. The van der Waals surface area contributed by atoms with Crippen LogP contribution in [0.15, 0.2) is 42.6 Å². The van der Waals surface area contributed by atoms with E-state index in [-0.39, 0.29) is 17.9 Å². The molecule has 2 N–H and O–H groups in total. The van der Waals surface area contributed by atoms with Gasteiger partial charge in [0.25, 0.3) is 5.91 Å². The van der Waals surface area contributed by atoms with Crippen LogP contribution in [0, 0.1) is 5.41 Å². The Bertz CT molecular complexity index is 672. The van der Waals surface area contributed by atoms with Crippen LogP contribution < -0.4 is 5.32 Å². The minimum absolute atomic E-state index is 0.0960. The van der Waals surface area contributed by atoms with E-state index in [9.17, 15) is 4.79 Å². The van der Waals surface area contributed by atoms with Crippen LogP contribution >= 0.6 is 11.6 Å². The Labute approximate surface area is 141 Å². The van der Waals surface area contributed by atoms with Crippen LogP contribution in [0.1, 0.15) is 30.6 Å². The van der Waals surface area contributed by atoms with Crippen molar-refractivity contribution < 1.29 is 9.90 Å². The quantitative estimate of drug-likeness (QED) is 0.850. The van der Waals surface area contributed by atoms with Crippen LogP contribution in [0.5, 0.6) is 0 Å². The fourth-order valence-electron chi connectivity index (χ4n) is 2.20. The smallest absolute Gasteiger partial charge is 0.252 e. The van der Waals surface area contributed by atoms with Gasteiger partial charge in [-0.05, 0) is 36.1 Å². The van der Waals surface area contributed by atoms with Crippen molar-refractivity contribution in [1.29, 1.82) is 0 Å². The first-order chi connectivity index (χ1) is 10.9. The number of halogens is 1. The number of aromatic nitrogens is 1. The summed E-state index contributed by atoms with van der Waals surface area (Å²) in [7, 11) is 0. The summed E-state index contributed by atoms with van der Waals surface area (Å²) in [4.78, 5) is 16.7. The van der Waals surface area contributed by atoms with Crippen molar-refractivity contribution in [2.75, 3.05) is 13.2 Å². The number of amides is 1. The van der Waals surface area contributed by atoms with Crippen LogP contribution in [-0.2, 0) is 0 Å². The standard InChI is InChI=1S/C18H21ClN2O2/c1-18(2,8-10-22)12-21-17(23)14-11-13(6-7-15(14)19)16-5-3-4-9-20-16/h3-7,9,11,22H,8,10,12H2,1-2H3,(H,21,23). The maximum Gasteiger partial charge on any atom is 0.252 e. The number of hydrogen-bond acceptors (Lipinski definition) is 3. The molecule has 23 heavy (non-hydrogen) atoms. The van der Waals surface area contributed by atoms with Crippen LogP contribution in [0.25, 0.3) is 11.3 Å². The lowest BCUT2D eigenvalue weighted by Crippen LogP contribution is -2.34. The Kier molecular flexibility index (Phi) is 5.74. The zero-order valence-electron chi connectivity index (χ0n) is 13.3. The monoisotopic (exact) mass is 332 g/mol. The van der Waals surface area contributed by atoms with E-state index in [1.54, 1.807) is 18.3 Å². The van der Waals surface area contributed by atoms with Gasteiger partial charge in [0.2, 0.25) is 0 Å². The summed E-state index contributed by atoms with van der Waals surface area (Å²) in [6.07, 6.45) is 2.33. The molecule has 1 heterocycles. The van der Waals surface area contributed by atoms with E-state index >= 15 is 0 Å². The Balaban J connectivity index is 2.17. The summed E-state index contributed by atoms with van der Waals surface area (Å²) in [5, 5.41) is 12.3. The molecule has 4 nitrogen and oxygen atoms in total. The molecule has 5 heteroatoms. The summed E-state index contributed by atoms with van der Waals surface area (Å²) in [6.45, 7) is 4.56. The van der Waals surface area contributed by atoms with E-state index in [0.717, 1.165) is 11.3 Å². The van der Waals surface area contributed by atoms with Gasteiger partial charge in [-0.3, -0.25) is 9.78 Å². The molecular formula is C18H21ClN2O2. The Hall–Kier alpha value is -1.91. The molecule has 0 aliphatic rings. The molecule has 0 unspecified atom stereocenters. The van der Waals surface area contributed by atoms with Gasteiger partial charge < -0.3 is 10.4 Å². The van der Waals surface area contributed by atoms with E-state index in [1.165, 1.54) is 0 Å². The van der Waals surface area contributed by atoms with Gasteiger partial charge in [0.15, 0.2) is 0 Å². The first-order valence-electron chi connectivity index (χ1n) is 7.53. The third-order valence-electron chi connectivity index (χ3n) is 3.69. The highest BCUT2D eigenvalue weighted by Gasteiger charge is 2.20. The molecule has 1 aromatic heterocycles. The van der Waals surface area contributed by atoms with Crippen molar-refractivity contribution in [3.05, 3.63) is 53.2 Å². The summed E-state index contributed by atoms with van der Waals surface area (Å²) < 4.78 is 0. The molecule has 0 aliphatic carbocycles. The van der Waals surface area contributed by atoms with Crippen molar-refractivity contribution in [2.24, 2.45) is 5.41 Å². The second-order valence-electron chi connectivity index (χ2n) is 6.23. The molecule has 0 atom stereocenters. The number of carbonyl (C=O) groups excluding carboxylic acids is 1. The van der Waals surface area contributed by atoms with E-state index in [0.29, 0.717) is 23.6 Å². The zero-order chi connectivity index (χ0) is 16.9. The summed E-state index contributed by atoms with van der Waals surface area (Å²) in [5.74, 6) is -0.223. The van der Waals surface area contributed by atoms with Gasteiger partial charge in [0, 0.05) is 24.9 Å². The predicted octanol–water partition coefficient (Wildman–Crippen LogP) is 3.54. The zero-order valence-corrected chi connectivity index (χ0v) is 14.1. The minimum Gasteiger partial charge on any atom is -0.396 e. The number of aliphatic hydroxyl groups excluding tert-OH is 1. The molecule has 1 aromatic carbocycles. The van der Waals surface area contributed by atoms with Crippen LogP contribution in [0.3, 0.4) is 0 Å². The number of nitrogens with zero attached hydrogens (tertiary/aromatic N) is 1. The number of hydrogen-bond donors (Lipinski definition) is 2. The van der Waals surface area contributed by atoms with E-state index < -0.39 is 0 Å². The second-order valence-corrected chi connectivity index (χ2v) is 6.64. The SMILES string of the molecule is CC(C)(CCO)CNC(=O)c1cc(-c2ccccn2)ccc1Cl. The highest BCUT2D eigenvalue weighted by Crippen LogP contribution is 2.24. The largest absolute Gasteiger partial charge is 0.396 e. The number of aliphatic hydroxyl groups is 1. The molecule has 0 aliphatic heterocycles. The average molecular weight is 333 g/mol. The van der Waals surface area contributed by atoms with E-state index in [4.69, 9.17) is 16.7 Å². The normalized spacial score (nSPS) is 11.3. The van der Waals surface area contributed by atoms with E-state index in [2.05, 4.69) is 10.3 Å². The second kappa shape index (κ2) is 7.57. The maximum atomic E-state index is 12.4. The van der Waals surface area contributed by atoms with E-state index in [1.807, 2.05) is 38.1 Å². The molecule has 0 radical (unpaired) electrons. The molecule has 2 rings (SSSR count). The molecule has 0 saturated carbocycles. The number of carbonyl (C=O) groups is 1. The number of nitrogens with one attached hydrogen (secondary N) is 1. The van der Waals surface area contributed by atoms with Crippen molar-refractivity contribution in [3.63, 3.8) is 0 Å². The van der Waals surface area contributed by atoms with Gasteiger partial charge >= 0.3 is 0 Å². The molecule has 122 valence electrons. The number of benzene rings is 1. The average Bonchev–Trinajstić information content (AvgIpc) is 2.54. The molecule has 1 amide bonds. The van der Waals surface area contributed by atoms with Crippen LogP contribution in [0.4, 0.5) is 0 Å². The summed E-state index contributed by atoms with van der Waals surface area (Å²) >= 11 is 6.17. The van der Waals surface area contributed by atoms with Crippen molar-refractivity contribution >= 4 is 17.5 Å². The van der Waals surface area contributed by atoms with Gasteiger partial charge in [-0.15, -0.1) is 0 Å². The van der Waals surface area contributed by atoms with Crippen molar-refractivity contribution in [3.8, 4) is 11.3 Å². The van der Waals surface area contributed by atoms with Gasteiger partial charge in [-0.2, -0.15) is 0 Å². The minimum atomic E-state index is -0.223. The topological polar surface area (TPSA) is 62.2 Å². The summed E-state index contributed by atoms with van der Waals surface area (Å²) in [6, 6.07) is 10.9. The first-order valence-corrected chi connectivity index (χ1v) is 7.91. The lowest BCUT2D eigenvalue weighted by molar-refractivity contribution is 0.0928. The molecule has 0 bridgehead atoms. The van der Waals surface area contributed by atoms with Gasteiger partial charge in [0.05, 0.1) is 16.3 Å². The molecular weight excluding hydrogens is 312 g/mol. The third kappa shape index (κ3) is 4.78. The fourth-order valence-corrected chi connectivity index (χ4v) is 2.40. The lowest BCUT2D eigenvalue weighted by atomic mass is 9.89. The van der Waals surface area contributed by atoms with Crippen molar-refractivity contribution in [2.45, 2.75) is 20.3 Å². The summed E-state index contributed by atoms with van der Waals surface area (Å²) in [5.41, 5.74) is 1.89. The highest BCUT2D eigenvalue weighted by atomic mass is 35.5. The molecule has 0 fully saturated rings. The Morgan fingerprint density at radius 1 is 1.30 bits per heavy atom. The molecule has 0 saturated heterocycles. The first kappa shape index (κ1) is 17.4. The number of rotatable bonds is 6. The van der Waals surface area contributed by atoms with Crippen LogP contribution in [0.2, 0.25) is 5.02 Å². The predicted molar refractivity (Wildman–Crippen MR) is 92.5 cm³/mol. The third-order valence-corrected chi connectivity index (χ3v) is 4.02. The maximum absolute atomic E-state index is 12.4. The van der Waals surface area contributed by atoms with Gasteiger partial charge in [-0.1, -0.05) is 37.6 Å².